The molecule has 1 aliphatic heterocycles. The molecule has 2 N–H and O–H groups in total. The lowest BCUT2D eigenvalue weighted by Crippen LogP contribution is -2.41. The molecule has 1 fully saturated rings. The number of anilines is 1. The largest absolute Gasteiger partial charge is 0.494 e. The lowest BCUT2D eigenvalue weighted by atomic mass is 9.79. The fourth-order valence-electron chi connectivity index (χ4n) is 2.83. The van der Waals surface area contributed by atoms with Crippen molar-refractivity contribution in [3.05, 3.63) is 42.5 Å². The highest BCUT2D eigenvalue weighted by Crippen LogP contribution is 2.36. The van der Waals surface area contributed by atoms with Gasteiger partial charge in [-0.3, -0.25) is 0 Å². The van der Waals surface area contributed by atoms with Crippen molar-refractivity contribution in [1.82, 2.24) is 4.98 Å². The van der Waals surface area contributed by atoms with Gasteiger partial charge in [0, 0.05) is 11.3 Å². The predicted octanol–water partition coefficient (Wildman–Crippen LogP) is 3.38. The monoisotopic (exact) mass is 336 g/mol. The molecular formula is C19H21BN2O3. The summed E-state index contributed by atoms with van der Waals surface area (Å²) in [6, 6.07) is 13.4. The minimum atomic E-state index is -0.373. The number of nitrogens with zero attached hydrogens (tertiary/aromatic N) is 1. The third kappa shape index (κ3) is 2.71. The van der Waals surface area contributed by atoms with Gasteiger partial charge in [0.05, 0.1) is 11.2 Å². The van der Waals surface area contributed by atoms with Gasteiger partial charge in [0.15, 0.2) is 5.58 Å². The van der Waals surface area contributed by atoms with Gasteiger partial charge in [-0.25, -0.2) is 4.98 Å². The zero-order valence-corrected chi connectivity index (χ0v) is 14.9. The maximum Gasteiger partial charge on any atom is 0.494 e. The Morgan fingerprint density at radius 2 is 1.56 bits per heavy atom. The Hall–Kier alpha value is -2.31. The first-order chi connectivity index (χ1) is 11.7. The molecule has 0 unspecified atom stereocenters. The first-order valence-corrected chi connectivity index (χ1v) is 8.37. The van der Waals surface area contributed by atoms with Gasteiger partial charge < -0.3 is 19.5 Å². The van der Waals surface area contributed by atoms with Gasteiger partial charge in [-0.2, -0.15) is 0 Å². The Bertz CT molecular complexity index is 915. The quantitative estimate of drug-likeness (QED) is 0.574. The molecule has 3 aromatic rings. The molecule has 0 aliphatic carbocycles. The fourth-order valence-corrected chi connectivity index (χ4v) is 2.83. The Labute approximate surface area is 147 Å². The van der Waals surface area contributed by atoms with E-state index < -0.39 is 0 Å². The van der Waals surface area contributed by atoms with Gasteiger partial charge in [-0.15, -0.1) is 0 Å². The van der Waals surface area contributed by atoms with Crippen molar-refractivity contribution in [1.29, 1.82) is 0 Å². The van der Waals surface area contributed by atoms with Gasteiger partial charge in [0.2, 0.25) is 5.89 Å². The molecule has 0 bridgehead atoms. The number of hydrogen-bond donors (Lipinski definition) is 1. The highest BCUT2D eigenvalue weighted by molar-refractivity contribution is 6.62. The molecule has 25 heavy (non-hydrogen) atoms. The number of oxazole rings is 1. The smallest absolute Gasteiger partial charge is 0.436 e. The van der Waals surface area contributed by atoms with Crippen molar-refractivity contribution in [2.45, 2.75) is 38.9 Å². The third-order valence-corrected chi connectivity index (χ3v) is 5.09. The zero-order valence-electron chi connectivity index (χ0n) is 14.9. The van der Waals surface area contributed by atoms with Crippen molar-refractivity contribution >= 4 is 29.4 Å². The van der Waals surface area contributed by atoms with Crippen molar-refractivity contribution in [3.63, 3.8) is 0 Å². The number of benzene rings is 2. The van der Waals surface area contributed by atoms with E-state index in [4.69, 9.17) is 19.5 Å². The lowest BCUT2D eigenvalue weighted by molar-refractivity contribution is 0.00578. The van der Waals surface area contributed by atoms with E-state index in [1.165, 1.54) is 0 Å². The van der Waals surface area contributed by atoms with Crippen LogP contribution in [0, 0.1) is 0 Å². The number of nitrogens with two attached hydrogens (primary N) is 1. The van der Waals surface area contributed by atoms with Crippen LogP contribution in [0.15, 0.2) is 46.9 Å². The molecule has 0 atom stereocenters. The molecule has 0 amide bonds. The maximum atomic E-state index is 6.08. The van der Waals surface area contributed by atoms with E-state index in [0.717, 1.165) is 22.1 Å². The minimum absolute atomic E-state index is 0.351. The minimum Gasteiger partial charge on any atom is -0.436 e. The normalized spacial score (nSPS) is 18.8. The molecule has 2 heterocycles. The van der Waals surface area contributed by atoms with Crippen LogP contribution in [0.1, 0.15) is 27.7 Å². The average molecular weight is 336 g/mol. The second kappa shape index (κ2) is 5.34. The highest BCUT2D eigenvalue weighted by Gasteiger charge is 2.51. The maximum absolute atomic E-state index is 6.08. The number of hydrogen-bond acceptors (Lipinski definition) is 5. The zero-order chi connectivity index (χ0) is 17.8. The van der Waals surface area contributed by atoms with Crippen LogP contribution in [0.25, 0.3) is 22.6 Å². The molecule has 1 aromatic heterocycles. The molecule has 128 valence electrons. The van der Waals surface area contributed by atoms with Crippen LogP contribution in [0.5, 0.6) is 0 Å². The van der Waals surface area contributed by atoms with E-state index in [1.807, 2.05) is 58.0 Å². The summed E-state index contributed by atoms with van der Waals surface area (Å²) in [7, 11) is -0.373. The Kier molecular flexibility index (Phi) is 3.46. The SMILES string of the molecule is CC1(C)OB(c2ccc(-c3nc4cc(N)ccc4o3)cc2)OC1(C)C. The Morgan fingerprint density at radius 3 is 2.20 bits per heavy atom. The van der Waals surface area contributed by atoms with Crippen molar-refractivity contribution < 1.29 is 13.7 Å². The van der Waals surface area contributed by atoms with E-state index in [9.17, 15) is 0 Å². The third-order valence-electron chi connectivity index (χ3n) is 5.09. The van der Waals surface area contributed by atoms with Crippen LogP contribution in [-0.2, 0) is 9.31 Å². The first kappa shape index (κ1) is 16.2. The summed E-state index contributed by atoms with van der Waals surface area (Å²) in [6.45, 7) is 8.19. The fraction of sp³-hybridized carbons (Fsp3) is 0.316. The summed E-state index contributed by atoms with van der Waals surface area (Å²) in [5, 5.41) is 0. The van der Waals surface area contributed by atoms with E-state index in [2.05, 4.69) is 4.98 Å². The first-order valence-electron chi connectivity index (χ1n) is 8.37. The van der Waals surface area contributed by atoms with Gasteiger partial charge in [-0.05, 0) is 63.5 Å². The van der Waals surface area contributed by atoms with Crippen molar-refractivity contribution in [2.75, 3.05) is 5.73 Å². The van der Waals surface area contributed by atoms with Crippen LogP contribution in [0.2, 0.25) is 0 Å². The van der Waals surface area contributed by atoms with Crippen LogP contribution in [0.3, 0.4) is 0 Å². The second-order valence-electron chi connectivity index (χ2n) is 7.46. The average Bonchev–Trinajstić information content (AvgIpc) is 3.05. The van der Waals surface area contributed by atoms with Crippen LogP contribution in [-0.4, -0.2) is 23.3 Å². The molecule has 2 aromatic carbocycles. The van der Waals surface area contributed by atoms with E-state index in [0.29, 0.717) is 11.6 Å². The molecular weight excluding hydrogens is 315 g/mol. The van der Waals surface area contributed by atoms with E-state index in [1.54, 1.807) is 12.1 Å². The highest BCUT2D eigenvalue weighted by atomic mass is 16.7. The number of fused-ring (bicyclic) bond motifs is 1. The van der Waals surface area contributed by atoms with Crippen LogP contribution in [0.4, 0.5) is 5.69 Å². The van der Waals surface area contributed by atoms with Gasteiger partial charge in [0.1, 0.15) is 5.52 Å². The van der Waals surface area contributed by atoms with Crippen molar-refractivity contribution in [2.24, 2.45) is 0 Å². The molecule has 0 spiro atoms. The topological polar surface area (TPSA) is 70.5 Å². The molecule has 5 nitrogen and oxygen atoms in total. The van der Waals surface area contributed by atoms with Gasteiger partial charge >= 0.3 is 7.12 Å². The molecule has 4 rings (SSSR count). The lowest BCUT2D eigenvalue weighted by Gasteiger charge is -2.32. The Morgan fingerprint density at radius 1 is 0.920 bits per heavy atom. The summed E-state index contributed by atoms with van der Waals surface area (Å²) >= 11 is 0. The van der Waals surface area contributed by atoms with E-state index in [-0.39, 0.29) is 18.3 Å². The predicted molar refractivity (Wildman–Crippen MR) is 99.6 cm³/mol. The molecule has 0 radical (unpaired) electrons. The second-order valence-corrected chi connectivity index (χ2v) is 7.46. The molecule has 0 saturated carbocycles. The summed E-state index contributed by atoms with van der Waals surface area (Å²) in [6.07, 6.45) is 0. The number of nitrogen functional groups attached to an aromatic ring is 1. The van der Waals surface area contributed by atoms with Crippen LogP contribution < -0.4 is 11.2 Å². The number of rotatable bonds is 2. The number of aromatic nitrogens is 1. The Balaban J connectivity index is 1.62. The van der Waals surface area contributed by atoms with Gasteiger partial charge in [-0.1, -0.05) is 12.1 Å². The van der Waals surface area contributed by atoms with Gasteiger partial charge in [0.25, 0.3) is 0 Å². The molecule has 1 aliphatic rings. The molecule has 1 saturated heterocycles. The summed E-state index contributed by atoms with van der Waals surface area (Å²) in [4.78, 5) is 4.51. The van der Waals surface area contributed by atoms with Crippen molar-refractivity contribution in [3.8, 4) is 11.5 Å². The summed E-state index contributed by atoms with van der Waals surface area (Å²) < 4.78 is 18.0. The molecule has 6 heteroatoms. The van der Waals surface area contributed by atoms with E-state index >= 15 is 0 Å². The van der Waals surface area contributed by atoms with Crippen LogP contribution >= 0.6 is 0 Å². The standard InChI is InChI=1S/C19H21BN2O3/c1-18(2)19(3,4)25-20(24-18)13-7-5-12(6-8-13)17-22-15-11-14(21)9-10-16(15)23-17/h5-11H,21H2,1-4H3. The summed E-state index contributed by atoms with van der Waals surface area (Å²) in [5.74, 6) is 0.570. The summed E-state index contributed by atoms with van der Waals surface area (Å²) in [5.41, 5.74) is 9.11.